The Morgan fingerprint density at radius 3 is 1.98 bits per heavy atom. The van der Waals surface area contributed by atoms with Crippen LogP contribution in [-0.4, -0.2) is 17.9 Å². The number of rotatable bonds is 11. The van der Waals surface area contributed by atoms with Gasteiger partial charge in [0.1, 0.15) is 31.3 Å². The molecule has 4 aromatic carbocycles. The number of anilines is 1. The number of carbonyl (C=O) groups excluding carboxylic acids is 2. The number of hydrogen-bond donors (Lipinski definition) is 2. The van der Waals surface area contributed by atoms with E-state index in [9.17, 15) is 9.59 Å². The third-order valence-electron chi connectivity index (χ3n) is 6.82. The summed E-state index contributed by atoms with van der Waals surface area (Å²) < 4.78 is 17.6. The molecule has 0 radical (unpaired) electrons. The first-order valence-electron chi connectivity index (χ1n) is 13.8. The number of hydrogen-bond acceptors (Lipinski definition) is 8. The van der Waals surface area contributed by atoms with Crippen molar-refractivity contribution in [3.05, 3.63) is 131 Å². The molecule has 1 amide bonds. The lowest BCUT2D eigenvalue weighted by Crippen LogP contribution is -2.29. The molecule has 0 unspecified atom stereocenters. The molecule has 4 aromatic rings. The molecule has 3 N–H and O–H groups in total. The summed E-state index contributed by atoms with van der Waals surface area (Å²) in [6.45, 7) is 4.93. The number of ether oxygens (including phenoxy) is 3. The van der Waals surface area contributed by atoms with Crippen LogP contribution >= 0.6 is 0 Å². The Bertz CT molecular complexity index is 1650. The minimum atomic E-state index is -0.853. The highest BCUT2D eigenvalue weighted by atomic mass is 16.5. The van der Waals surface area contributed by atoms with E-state index in [2.05, 4.69) is 24.4 Å². The second kappa shape index (κ2) is 13.4. The van der Waals surface area contributed by atoms with Gasteiger partial charge in [0, 0.05) is 11.8 Å². The molecule has 1 aliphatic heterocycles. The largest absolute Gasteiger partial charge is 0.488 e. The fraction of sp³-hybridized carbons (Fsp3) is 0.176. The minimum Gasteiger partial charge on any atom is -0.488 e. The van der Waals surface area contributed by atoms with Crippen LogP contribution in [-0.2, 0) is 29.4 Å². The van der Waals surface area contributed by atoms with Gasteiger partial charge >= 0.3 is 6.09 Å². The van der Waals surface area contributed by atoms with E-state index in [4.69, 9.17) is 19.9 Å². The Labute approximate surface area is 250 Å². The summed E-state index contributed by atoms with van der Waals surface area (Å²) >= 11 is 0. The zero-order valence-corrected chi connectivity index (χ0v) is 23.9. The molecule has 0 spiro atoms. The van der Waals surface area contributed by atoms with Gasteiger partial charge in [-0.05, 0) is 46.4 Å². The summed E-state index contributed by atoms with van der Waals surface area (Å²) in [4.78, 5) is 24.7. The molecule has 0 atom stereocenters. The fourth-order valence-electron chi connectivity index (χ4n) is 4.63. The van der Waals surface area contributed by atoms with Crippen molar-refractivity contribution in [2.24, 2.45) is 10.8 Å². The highest BCUT2D eigenvalue weighted by molar-refractivity contribution is 6.15. The smallest absolute Gasteiger partial charge is 0.404 e. The maximum Gasteiger partial charge on any atom is 0.404 e. The highest BCUT2D eigenvalue weighted by Gasteiger charge is 2.30. The number of primary amides is 1. The van der Waals surface area contributed by atoms with Crippen LogP contribution in [0, 0.1) is 0 Å². The summed E-state index contributed by atoms with van der Waals surface area (Å²) in [7, 11) is 0. The number of amides is 1. The van der Waals surface area contributed by atoms with Crippen molar-refractivity contribution in [1.29, 1.82) is 0 Å². The number of amidine groups is 1. The third kappa shape index (κ3) is 7.04. The van der Waals surface area contributed by atoms with Crippen molar-refractivity contribution in [2.45, 2.75) is 39.6 Å². The van der Waals surface area contributed by atoms with E-state index in [0.29, 0.717) is 41.8 Å². The fourth-order valence-corrected chi connectivity index (χ4v) is 4.63. The lowest BCUT2D eigenvalue weighted by atomic mass is 9.97. The van der Waals surface area contributed by atoms with E-state index in [-0.39, 0.29) is 18.3 Å². The zero-order valence-electron chi connectivity index (χ0n) is 23.9. The Kier molecular flexibility index (Phi) is 9.05. The Hall–Kier alpha value is -5.53. The van der Waals surface area contributed by atoms with E-state index < -0.39 is 6.09 Å². The molecular formula is C34H32N4O5. The normalized spacial score (nSPS) is 12.4. The third-order valence-corrected chi connectivity index (χ3v) is 6.82. The van der Waals surface area contributed by atoms with Crippen LogP contribution in [0.5, 0.6) is 11.5 Å². The first kappa shape index (κ1) is 29.0. The Morgan fingerprint density at radius 2 is 1.42 bits per heavy atom. The highest BCUT2D eigenvalue weighted by Crippen LogP contribution is 2.37. The van der Waals surface area contributed by atoms with Crippen LogP contribution in [0.4, 0.5) is 10.5 Å². The Balaban J connectivity index is 1.54. The molecule has 5 rings (SSSR count). The number of hydrazone groups is 1. The number of nitrogens with zero attached hydrogens (tertiary/aromatic N) is 2. The van der Waals surface area contributed by atoms with Crippen LogP contribution in [0.3, 0.4) is 0 Å². The molecule has 218 valence electrons. The topological polar surface area (TPSA) is 115 Å². The minimum absolute atomic E-state index is 0.0326. The van der Waals surface area contributed by atoms with Gasteiger partial charge in [0.2, 0.25) is 5.82 Å². The van der Waals surface area contributed by atoms with E-state index >= 15 is 0 Å². The SMILES string of the molecule is CC(C)c1cc(C2=NNC(=C=O)N2c2ccc(COC(N)=O)cc2)c(OCc2ccccc2)cc1OCc1ccccc1. The second-order valence-electron chi connectivity index (χ2n) is 10.2. The Morgan fingerprint density at radius 1 is 0.837 bits per heavy atom. The molecule has 1 aliphatic rings. The van der Waals surface area contributed by atoms with E-state index in [1.54, 1.807) is 29.2 Å². The quantitative estimate of drug-likeness (QED) is 0.210. The van der Waals surface area contributed by atoms with Crippen molar-refractivity contribution in [3.8, 4) is 11.5 Å². The van der Waals surface area contributed by atoms with Gasteiger partial charge in [-0.1, -0.05) is 86.6 Å². The summed E-state index contributed by atoms with van der Waals surface area (Å²) in [5.41, 5.74) is 13.0. The number of carbonyl (C=O) groups is 1. The van der Waals surface area contributed by atoms with Gasteiger partial charge in [-0.25, -0.2) is 9.59 Å². The van der Waals surface area contributed by atoms with Crippen LogP contribution in [0.1, 0.15) is 47.6 Å². The zero-order chi connectivity index (χ0) is 30.2. The average molecular weight is 577 g/mol. The summed E-state index contributed by atoms with van der Waals surface area (Å²) in [5.74, 6) is 3.89. The summed E-state index contributed by atoms with van der Waals surface area (Å²) in [6.07, 6.45) is -0.853. The molecule has 1 heterocycles. The molecule has 0 bridgehead atoms. The van der Waals surface area contributed by atoms with Gasteiger partial charge < -0.3 is 19.9 Å². The van der Waals surface area contributed by atoms with Gasteiger partial charge in [0.15, 0.2) is 11.8 Å². The van der Waals surface area contributed by atoms with E-state index in [1.165, 1.54) is 0 Å². The van der Waals surface area contributed by atoms with Crippen molar-refractivity contribution in [1.82, 2.24) is 5.43 Å². The van der Waals surface area contributed by atoms with Gasteiger partial charge in [-0.15, -0.1) is 0 Å². The standard InChI is InChI=1S/C34H32N4O5/c1-23(2)28-17-29(33-37-36-32(19-39)38(33)27-15-13-26(14-16-27)22-43-34(35)40)31(42-21-25-11-7-4-8-12-25)18-30(28)41-20-24-9-5-3-6-10-24/h3-18,23,36H,20-22H2,1-2H3,(H2,35,40). The molecule has 0 saturated heterocycles. The molecule has 0 saturated carbocycles. The van der Waals surface area contributed by atoms with Crippen LogP contribution in [0.15, 0.2) is 108 Å². The predicted octanol–water partition coefficient (Wildman–Crippen LogP) is 6.01. The summed E-state index contributed by atoms with van der Waals surface area (Å²) in [6, 6.07) is 30.9. The van der Waals surface area contributed by atoms with Crippen molar-refractivity contribution in [2.75, 3.05) is 4.90 Å². The van der Waals surface area contributed by atoms with Crippen LogP contribution < -0.4 is 25.5 Å². The average Bonchev–Trinajstić information content (AvgIpc) is 3.46. The molecule has 9 nitrogen and oxygen atoms in total. The molecule has 0 aromatic heterocycles. The first-order valence-corrected chi connectivity index (χ1v) is 13.8. The van der Waals surface area contributed by atoms with Crippen LogP contribution in [0.2, 0.25) is 0 Å². The lowest BCUT2D eigenvalue weighted by Gasteiger charge is -2.23. The summed E-state index contributed by atoms with van der Waals surface area (Å²) in [5, 5.41) is 4.52. The lowest BCUT2D eigenvalue weighted by molar-refractivity contribution is 0.150. The molecule has 43 heavy (non-hydrogen) atoms. The monoisotopic (exact) mass is 576 g/mol. The molecule has 9 heteroatoms. The maximum absolute atomic E-state index is 12.0. The van der Waals surface area contributed by atoms with Gasteiger partial charge in [0.25, 0.3) is 0 Å². The second-order valence-corrected chi connectivity index (χ2v) is 10.2. The molecular weight excluding hydrogens is 544 g/mol. The van der Waals surface area contributed by atoms with Crippen molar-refractivity contribution >= 4 is 23.6 Å². The predicted molar refractivity (Wildman–Crippen MR) is 164 cm³/mol. The number of nitrogens with one attached hydrogen (secondary N) is 1. The van der Waals surface area contributed by atoms with Crippen LogP contribution in [0.25, 0.3) is 0 Å². The van der Waals surface area contributed by atoms with Crippen molar-refractivity contribution in [3.63, 3.8) is 0 Å². The maximum atomic E-state index is 12.0. The van der Waals surface area contributed by atoms with E-state index in [0.717, 1.165) is 22.3 Å². The van der Waals surface area contributed by atoms with Gasteiger partial charge in [0.05, 0.1) is 5.56 Å². The number of nitrogens with two attached hydrogens (primary N) is 1. The van der Waals surface area contributed by atoms with Crippen molar-refractivity contribution < 1.29 is 23.8 Å². The molecule has 0 fully saturated rings. The first-order chi connectivity index (χ1) is 20.9. The molecule has 0 aliphatic carbocycles. The van der Waals surface area contributed by atoms with E-state index in [1.807, 2.05) is 78.7 Å². The number of benzene rings is 4. The van der Waals surface area contributed by atoms with Gasteiger partial charge in [-0.3, -0.25) is 10.3 Å². The van der Waals surface area contributed by atoms with Gasteiger partial charge in [-0.2, -0.15) is 5.10 Å².